The van der Waals surface area contributed by atoms with E-state index in [1.165, 1.54) is 6.92 Å². The lowest BCUT2D eigenvalue weighted by Crippen LogP contribution is -2.40. The largest absolute Gasteiger partial charge is 0.481 e. The molecule has 0 radical (unpaired) electrons. The first-order valence-electron chi connectivity index (χ1n) is 7.30. The van der Waals surface area contributed by atoms with Crippen LogP contribution in [0.2, 0.25) is 0 Å². The lowest BCUT2D eigenvalue weighted by atomic mass is 10.1. The number of rotatable bonds is 5. The minimum Gasteiger partial charge on any atom is -0.481 e. The van der Waals surface area contributed by atoms with Gasteiger partial charge < -0.3 is 14.2 Å². The Morgan fingerprint density at radius 1 is 1.16 bits per heavy atom. The van der Waals surface area contributed by atoms with Crippen LogP contribution in [0.1, 0.15) is 6.92 Å². The molecule has 0 fully saturated rings. The highest BCUT2D eigenvalue weighted by Crippen LogP contribution is 2.32. The molecular formula is C17H16BrNO6. The number of hydrogen-bond acceptors (Lipinski definition) is 6. The second-order valence-electron chi connectivity index (χ2n) is 5.00. The minimum absolute atomic E-state index is 0.382. The minimum atomic E-state index is -1.16. The second-order valence-corrected chi connectivity index (χ2v) is 5.79. The lowest BCUT2D eigenvalue weighted by molar-refractivity contribution is -0.156. The summed E-state index contributed by atoms with van der Waals surface area (Å²) in [6.07, 6.45) is -2.08. The normalized spacial score (nSPS) is 11.5. The van der Waals surface area contributed by atoms with Gasteiger partial charge in [-0.2, -0.15) is 0 Å². The van der Waals surface area contributed by atoms with Gasteiger partial charge in [0.15, 0.2) is 12.7 Å². The van der Waals surface area contributed by atoms with Gasteiger partial charge in [0.1, 0.15) is 5.75 Å². The summed E-state index contributed by atoms with van der Waals surface area (Å²) in [5, 5.41) is 3.88. The van der Waals surface area contributed by atoms with Crippen molar-refractivity contribution >= 4 is 44.7 Å². The van der Waals surface area contributed by atoms with E-state index in [4.69, 9.17) is 9.47 Å². The molecule has 2 aromatic carbocycles. The van der Waals surface area contributed by atoms with E-state index in [0.29, 0.717) is 5.75 Å². The summed E-state index contributed by atoms with van der Waals surface area (Å²) in [7, 11) is 1.12. The van der Waals surface area contributed by atoms with Crippen molar-refractivity contribution in [1.82, 2.24) is 5.32 Å². The van der Waals surface area contributed by atoms with E-state index in [1.54, 1.807) is 6.07 Å². The van der Waals surface area contributed by atoms with Crippen LogP contribution in [0.25, 0.3) is 10.8 Å². The topological polar surface area (TPSA) is 90.9 Å². The van der Waals surface area contributed by atoms with Crippen molar-refractivity contribution in [3.05, 3.63) is 40.9 Å². The van der Waals surface area contributed by atoms with Crippen molar-refractivity contribution in [2.45, 2.75) is 13.0 Å². The van der Waals surface area contributed by atoms with Crippen molar-refractivity contribution in [3.63, 3.8) is 0 Å². The number of fused-ring (bicyclic) bond motifs is 1. The Morgan fingerprint density at radius 3 is 2.60 bits per heavy atom. The third-order valence-corrected chi connectivity index (χ3v) is 4.08. The van der Waals surface area contributed by atoms with Crippen molar-refractivity contribution in [2.24, 2.45) is 0 Å². The van der Waals surface area contributed by atoms with E-state index < -0.39 is 24.1 Å². The number of ether oxygens (including phenoxy) is 3. The standard InChI is InChI=1S/C17H16BrNO6/c1-10(16(21)19-17(22)23-2)25-14(20)9-24-13-8-7-11-5-3-4-6-12(11)15(13)18/h3-8,10H,9H2,1-2H3,(H,19,21,22)/t10-/m0/s1. The average molecular weight is 410 g/mol. The number of halogens is 1. The van der Waals surface area contributed by atoms with E-state index in [9.17, 15) is 14.4 Å². The number of esters is 1. The van der Waals surface area contributed by atoms with Crippen molar-refractivity contribution in [2.75, 3.05) is 13.7 Å². The zero-order valence-corrected chi connectivity index (χ0v) is 15.2. The highest BCUT2D eigenvalue weighted by molar-refractivity contribution is 9.10. The maximum Gasteiger partial charge on any atom is 0.413 e. The van der Waals surface area contributed by atoms with Crippen molar-refractivity contribution < 1.29 is 28.6 Å². The van der Waals surface area contributed by atoms with Gasteiger partial charge in [-0.05, 0) is 39.7 Å². The molecule has 0 saturated carbocycles. The Labute approximate surface area is 152 Å². The van der Waals surface area contributed by atoms with Crippen LogP contribution in [0.15, 0.2) is 40.9 Å². The smallest absolute Gasteiger partial charge is 0.413 e. The van der Waals surface area contributed by atoms with E-state index in [2.05, 4.69) is 20.7 Å². The molecule has 7 nitrogen and oxygen atoms in total. The van der Waals surface area contributed by atoms with Crippen LogP contribution in [-0.4, -0.2) is 37.8 Å². The van der Waals surface area contributed by atoms with Gasteiger partial charge in [-0.25, -0.2) is 9.59 Å². The average Bonchev–Trinajstić information content (AvgIpc) is 2.61. The first-order valence-corrected chi connectivity index (χ1v) is 8.10. The van der Waals surface area contributed by atoms with Gasteiger partial charge >= 0.3 is 12.1 Å². The molecule has 132 valence electrons. The summed E-state index contributed by atoms with van der Waals surface area (Å²) in [6, 6.07) is 11.3. The molecule has 0 bridgehead atoms. The lowest BCUT2D eigenvalue weighted by Gasteiger charge is -2.13. The van der Waals surface area contributed by atoms with E-state index in [-0.39, 0.29) is 6.61 Å². The van der Waals surface area contributed by atoms with Gasteiger partial charge in [0.05, 0.1) is 11.6 Å². The second kappa shape index (κ2) is 8.48. The Kier molecular flexibility index (Phi) is 6.35. The van der Waals surface area contributed by atoms with Gasteiger partial charge in [0, 0.05) is 0 Å². The zero-order chi connectivity index (χ0) is 18.4. The molecule has 0 heterocycles. The Balaban J connectivity index is 1.93. The fourth-order valence-corrected chi connectivity index (χ4v) is 2.61. The highest BCUT2D eigenvalue weighted by Gasteiger charge is 2.20. The third-order valence-electron chi connectivity index (χ3n) is 3.26. The molecule has 1 atom stereocenters. The Morgan fingerprint density at radius 2 is 1.88 bits per heavy atom. The van der Waals surface area contributed by atoms with Crippen molar-refractivity contribution in [1.29, 1.82) is 0 Å². The molecule has 0 aromatic heterocycles. The zero-order valence-electron chi connectivity index (χ0n) is 13.6. The van der Waals surface area contributed by atoms with Crippen LogP contribution in [0.4, 0.5) is 4.79 Å². The van der Waals surface area contributed by atoms with Gasteiger partial charge in [-0.15, -0.1) is 0 Å². The molecule has 8 heteroatoms. The first-order chi connectivity index (χ1) is 11.9. The monoisotopic (exact) mass is 409 g/mol. The van der Waals surface area contributed by atoms with Gasteiger partial charge in [0.25, 0.3) is 5.91 Å². The van der Waals surface area contributed by atoms with Crippen molar-refractivity contribution in [3.8, 4) is 5.75 Å². The summed E-state index contributed by atoms with van der Waals surface area (Å²) >= 11 is 3.45. The fourth-order valence-electron chi connectivity index (χ4n) is 2.00. The molecule has 0 unspecified atom stereocenters. The Bertz CT molecular complexity index is 807. The van der Waals surface area contributed by atoms with Crippen LogP contribution >= 0.6 is 15.9 Å². The van der Waals surface area contributed by atoms with Crippen LogP contribution in [0, 0.1) is 0 Å². The molecule has 0 aliphatic carbocycles. The molecule has 0 saturated heterocycles. The van der Waals surface area contributed by atoms with E-state index in [0.717, 1.165) is 22.4 Å². The van der Waals surface area contributed by atoms with Crippen LogP contribution in [0.5, 0.6) is 5.75 Å². The highest BCUT2D eigenvalue weighted by atomic mass is 79.9. The first kappa shape index (κ1) is 18.7. The van der Waals surface area contributed by atoms with Gasteiger partial charge in [-0.3, -0.25) is 10.1 Å². The summed E-state index contributed by atoms with van der Waals surface area (Å²) < 4.78 is 15.4. The summed E-state index contributed by atoms with van der Waals surface area (Å²) in [5.74, 6) is -1.05. The molecule has 2 aromatic rings. The number of carbonyl (C=O) groups is 3. The molecule has 2 amide bonds. The van der Waals surface area contributed by atoms with Crippen LogP contribution < -0.4 is 10.1 Å². The molecule has 2 rings (SSSR count). The third kappa shape index (κ3) is 4.93. The molecule has 0 spiro atoms. The number of amides is 2. The number of imide groups is 1. The fraction of sp³-hybridized carbons (Fsp3) is 0.235. The maximum absolute atomic E-state index is 11.8. The summed E-state index contributed by atoms with van der Waals surface area (Å²) in [4.78, 5) is 34.3. The number of alkyl carbamates (subject to hydrolysis) is 1. The predicted octanol–water partition coefficient (Wildman–Crippen LogP) is 2.80. The quantitative estimate of drug-likeness (QED) is 0.763. The summed E-state index contributed by atoms with van der Waals surface area (Å²) in [6.45, 7) is 0.953. The number of carbonyl (C=O) groups excluding carboxylic acids is 3. The number of benzene rings is 2. The molecule has 0 aliphatic heterocycles. The number of hydrogen-bond donors (Lipinski definition) is 1. The molecular weight excluding hydrogens is 394 g/mol. The van der Waals surface area contributed by atoms with E-state index >= 15 is 0 Å². The molecule has 1 N–H and O–H groups in total. The summed E-state index contributed by atoms with van der Waals surface area (Å²) in [5.41, 5.74) is 0. The van der Waals surface area contributed by atoms with Gasteiger partial charge in [-0.1, -0.05) is 30.3 Å². The maximum atomic E-state index is 11.8. The SMILES string of the molecule is COC(=O)NC(=O)[C@H](C)OC(=O)COc1ccc2ccccc2c1Br. The Hall–Kier alpha value is -2.61. The predicted molar refractivity (Wildman–Crippen MR) is 93.2 cm³/mol. The van der Waals surface area contributed by atoms with Crippen LogP contribution in [0.3, 0.4) is 0 Å². The van der Waals surface area contributed by atoms with Crippen LogP contribution in [-0.2, 0) is 19.1 Å². The number of methoxy groups -OCH3 is 1. The molecule has 25 heavy (non-hydrogen) atoms. The molecule has 0 aliphatic rings. The van der Waals surface area contributed by atoms with E-state index in [1.807, 2.05) is 35.6 Å². The number of nitrogens with one attached hydrogen (secondary N) is 1. The van der Waals surface area contributed by atoms with Gasteiger partial charge in [0.2, 0.25) is 0 Å².